The molecule has 1 aromatic heterocycles. The lowest BCUT2D eigenvalue weighted by atomic mass is 10.2. The van der Waals surface area contributed by atoms with E-state index in [-0.39, 0.29) is 11.7 Å². The Morgan fingerprint density at radius 1 is 1.27 bits per heavy atom. The molecular weight excluding hydrogens is 300 g/mol. The molecule has 1 amide bonds. The standard InChI is InChI=1S/C14H18N6OS/c15-20-10-16-18-14(20)22-9-13(21)17-11-3-5-12(6-4-11)19-7-1-2-8-19/h3-6,10H,1-2,7-9,15H2,(H,17,21). The zero-order valence-corrected chi connectivity index (χ0v) is 12.9. The van der Waals surface area contributed by atoms with Crippen LogP contribution in [0.2, 0.25) is 0 Å². The highest BCUT2D eigenvalue weighted by Gasteiger charge is 2.12. The summed E-state index contributed by atoms with van der Waals surface area (Å²) in [6.07, 6.45) is 3.90. The summed E-state index contributed by atoms with van der Waals surface area (Å²) in [4.78, 5) is 14.3. The van der Waals surface area contributed by atoms with E-state index in [1.807, 2.05) is 24.3 Å². The zero-order valence-electron chi connectivity index (χ0n) is 12.1. The molecule has 3 N–H and O–H groups in total. The van der Waals surface area contributed by atoms with E-state index in [0.717, 1.165) is 18.8 Å². The van der Waals surface area contributed by atoms with Crippen LogP contribution in [0.1, 0.15) is 12.8 Å². The van der Waals surface area contributed by atoms with Gasteiger partial charge in [-0.25, -0.2) is 4.68 Å². The quantitative estimate of drug-likeness (QED) is 0.638. The minimum Gasteiger partial charge on any atom is -0.372 e. The average Bonchev–Trinajstić information content (AvgIpc) is 3.18. The van der Waals surface area contributed by atoms with E-state index < -0.39 is 0 Å². The molecule has 3 rings (SSSR count). The molecule has 1 fully saturated rings. The van der Waals surface area contributed by atoms with Gasteiger partial charge in [0.25, 0.3) is 0 Å². The monoisotopic (exact) mass is 318 g/mol. The summed E-state index contributed by atoms with van der Waals surface area (Å²) in [7, 11) is 0. The van der Waals surface area contributed by atoms with Gasteiger partial charge in [-0.05, 0) is 37.1 Å². The molecule has 0 atom stereocenters. The van der Waals surface area contributed by atoms with Crippen molar-refractivity contribution in [3.63, 3.8) is 0 Å². The molecule has 0 saturated carbocycles. The maximum Gasteiger partial charge on any atom is 0.234 e. The Hall–Kier alpha value is -2.22. The fourth-order valence-electron chi connectivity index (χ4n) is 2.39. The Balaban J connectivity index is 1.51. The van der Waals surface area contributed by atoms with Gasteiger partial charge in [-0.1, -0.05) is 11.8 Å². The predicted octanol–water partition coefficient (Wildman–Crippen LogP) is 1.32. The number of amides is 1. The van der Waals surface area contributed by atoms with Crippen molar-refractivity contribution in [2.24, 2.45) is 0 Å². The van der Waals surface area contributed by atoms with Gasteiger partial charge in [0, 0.05) is 24.5 Å². The Morgan fingerprint density at radius 3 is 2.64 bits per heavy atom. The summed E-state index contributed by atoms with van der Waals surface area (Å²) in [5.74, 6) is 5.73. The lowest BCUT2D eigenvalue weighted by Crippen LogP contribution is -2.18. The van der Waals surface area contributed by atoms with Gasteiger partial charge >= 0.3 is 0 Å². The van der Waals surface area contributed by atoms with Crippen LogP contribution in [-0.2, 0) is 4.79 Å². The van der Waals surface area contributed by atoms with E-state index in [4.69, 9.17) is 5.84 Å². The Kier molecular flexibility index (Phi) is 4.47. The number of carbonyl (C=O) groups excluding carboxylic acids is 1. The Labute approximate surface area is 132 Å². The van der Waals surface area contributed by atoms with Crippen LogP contribution in [-0.4, -0.2) is 39.6 Å². The third kappa shape index (κ3) is 3.51. The summed E-state index contributed by atoms with van der Waals surface area (Å²) >= 11 is 1.25. The van der Waals surface area contributed by atoms with Crippen molar-refractivity contribution >= 4 is 29.0 Å². The van der Waals surface area contributed by atoms with Crippen LogP contribution < -0.4 is 16.1 Å². The molecule has 22 heavy (non-hydrogen) atoms. The summed E-state index contributed by atoms with van der Waals surface area (Å²) in [5, 5.41) is 10.9. The van der Waals surface area contributed by atoms with Crippen LogP contribution in [0.4, 0.5) is 11.4 Å². The lowest BCUT2D eigenvalue weighted by molar-refractivity contribution is -0.113. The molecule has 0 radical (unpaired) electrons. The van der Waals surface area contributed by atoms with E-state index in [2.05, 4.69) is 20.4 Å². The first-order valence-electron chi connectivity index (χ1n) is 7.15. The van der Waals surface area contributed by atoms with Crippen LogP contribution in [0.15, 0.2) is 35.7 Å². The van der Waals surface area contributed by atoms with Crippen molar-refractivity contribution in [3.8, 4) is 0 Å². The first-order valence-corrected chi connectivity index (χ1v) is 8.14. The number of rotatable bonds is 5. The van der Waals surface area contributed by atoms with Crippen LogP contribution in [0, 0.1) is 0 Å². The van der Waals surface area contributed by atoms with Crippen LogP contribution in [0.25, 0.3) is 0 Å². The second-order valence-electron chi connectivity index (χ2n) is 5.10. The highest BCUT2D eigenvalue weighted by Crippen LogP contribution is 2.22. The molecule has 0 unspecified atom stereocenters. The van der Waals surface area contributed by atoms with E-state index >= 15 is 0 Å². The molecule has 1 aliphatic heterocycles. The van der Waals surface area contributed by atoms with Crippen molar-refractivity contribution in [1.29, 1.82) is 0 Å². The van der Waals surface area contributed by atoms with Crippen molar-refractivity contribution in [3.05, 3.63) is 30.6 Å². The van der Waals surface area contributed by atoms with Gasteiger partial charge in [0.05, 0.1) is 5.75 Å². The maximum atomic E-state index is 11.9. The largest absolute Gasteiger partial charge is 0.372 e. The molecule has 0 bridgehead atoms. The molecule has 0 aliphatic carbocycles. The van der Waals surface area contributed by atoms with Gasteiger partial charge in [-0.3, -0.25) is 4.79 Å². The molecule has 2 heterocycles. The second kappa shape index (κ2) is 6.69. The number of anilines is 2. The Bertz CT molecular complexity index is 635. The molecule has 1 aromatic carbocycles. The van der Waals surface area contributed by atoms with Crippen LogP contribution >= 0.6 is 11.8 Å². The number of aromatic nitrogens is 3. The first kappa shape index (κ1) is 14.7. The normalized spacial score (nSPS) is 14.3. The average molecular weight is 318 g/mol. The number of hydrogen-bond acceptors (Lipinski definition) is 6. The predicted molar refractivity (Wildman–Crippen MR) is 87.4 cm³/mol. The van der Waals surface area contributed by atoms with Crippen molar-refractivity contribution in [2.75, 3.05) is 34.9 Å². The van der Waals surface area contributed by atoms with E-state index in [9.17, 15) is 4.79 Å². The highest BCUT2D eigenvalue weighted by atomic mass is 32.2. The van der Waals surface area contributed by atoms with Crippen molar-refractivity contribution in [1.82, 2.24) is 14.9 Å². The van der Waals surface area contributed by atoms with Crippen LogP contribution in [0.3, 0.4) is 0 Å². The number of thioether (sulfide) groups is 1. The number of nitrogens with zero attached hydrogens (tertiary/aromatic N) is 4. The molecule has 1 saturated heterocycles. The number of nitrogen functional groups attached to an aromatic ring is 1. The number of nitrogens with two attached hydrogens (primary N) is 1. The molecule has 8 heteroatoms. The third-order valence-corrected chi connectivity index (χ3v) is 4.45. The van der Waals surface area contributed by atoms with Crippen molar-refractivity contribution in [2.45, 2.75) is 18.0 Å². The zero-order chi connectivity index (χ0) is 15.4. The molecular formula is C14H18N6OS. The highest BCUT2D eigenvalue weighted by molar-refractivity contribution is 7.99. The molecule has 2 aromatic rings. The van der Waals surface area contributed by atoms with Crippen molar-refractivity contribution < 1.29 is 4.79 Å². The first-order chi connectivity index (χ1) is 10.7. The second-order valence-corrected chi connectivity index (χ2v) is 6.04. The minimum atomic E-state index is -0.0954. The molecule has 0 spiro atoms. The van der Waals surface area contributed by atoms with Gasteiger partial charge in [-0.15, -0.1) is 10.2 Å². The minimum absolute atomic E-state index is 0.0954. The topological polar surface area (TPSA) is 89.1 Å². The fraction of sp³-hybridized carbons (Fsp3) is 0.357. The summed E-state index contributed by atoms with van der Waals surface area (Å²) < 4.78 is 1.29. The van der Waals surface area contributed by atoms with E-state index in [1.54, 1.807) is 0 Å². The van der Waals surface area contributed by atoms with Crippen LogP contribution in [0.5, 0.6) is 0 Å². The van der Waals surface area contributed by atoms with Gasteiger partial charge in [-0.2, -0.15) is 0 Å². The van der Waals surface area contributed by atoms with E-state index in [0.29, 0.717) is 5.16 Å². The van der Waals surface area contributed by atoms with Gasteiger partial charge in [0.2, 0.25) is 11.1 Å². The smallest absolute Gasteiger partial charge is 0.234 e. The number of nitrogens with one attached hydrogen (secondary N) is 1. The molecule has 1 aliphatic rings. The van der Waals surface area contributed by atoms with E-state index in [1.165, 1.54) is 41.3 Å². The fourth-order valence-corrected chi connectivity index (χ4v) is 3.03. The summed E-state index contributed by atoms with van der Waals surface area (Å²) in [6, 6.07) is 7.96. The number of hydrogen-bond donors (Lipinski definition) is 2. The summed E-state index contributed by atoms with van der Waals surface area (Å²) in [6.45, 7) is 2.23. The maximum absolute atomic E-state index is 11.9. The molecule has 7 nitrogen and oxygen atoms in total. The SMILES string of the molecule is Nn1cnnc1SCC(=O)Nc1ccc(N2CCCC2)cc1. The number of benzene rings is 1. The number of carbonyl (C=O) groups is 1. The van der Waals surface area contributed by atoms with Gasteiger partial charge in [0.15, 0.2) is 0 Å². The summed E-state index contributed by atoms with van der Waals surface area (Å²) in [5.41, 5.74) is 2.00. The Morgan fingerprint density at radius 2 is 2.00 bits per heavy atom. The lowest BCUT2D eigenvalue weighted by Gasteiger charge is -2.17. The van der Waals surface area contributed by atoms with Gasteiger partial charge < -0.3 is 16.1 Å². The third-order valence-electron chi connectivity index (χ3n) is 3.49. The van der Waals surface area contributed by atoms with Gasteiger partial charge in [0.1, 0.15) is 6.33 Å². The molecule has 116 valence electrons.